The summed E-state index contributed by atoms with van der Waals surface area (Å²) < 4.78 is 5.18. The molecule has 0 radical (unpaired) electrons. The molecule has 12 heavy (non-hydrogen) atoms. The predicted octanol–water partition coefficient (Wildman–Crippen LogP) is 0.197. The smallest absolute Gasteiger partial charge is 0.246 e. The summed E-state index contributed by atoms with van der Waals surface area (Å²) in [7, 11) is 0. The highest BCUT2D eigenvalue weighted by molar-refractivity contribution is 5.76. The van der Waals surface area contributed by atoms with Crippen LogP contribution < -0.4 is 5.32 Å². The lowest BCUT2D eigenvalue weighted by atomic mass is 10.4. The van der Waals surface area contributed by atoms with Gasteiger partial charge in [-0.3, -0.25) is 4.79 Å². The Labute approximate surface area is 70.2 Å². The number of hydrogen-bond acceptors (Lipinski definition) is 3. The van der Waals surface area contributed by atoms with Crippen LogP contribution in [0.1, 0.15) is 11.5 Å². The Hall–Kier alpha value is -1.29. The van der Waals surface area contributed by atoms with Gasteiger partial charge in [-0.2, -0.15) is 0 Å². The molecule has 0 bridgehead atoms. The van der Waals surface area contributed by atoms with Crippen LogP contribution in [0.3, 0.4) is 0 Å². The molecule has 1 rings (SSSR count). The summed E-state index contributed by atoms with van der Waals surface area (Å²) in [5.74, 6) is 1.10. The number of nitrogens with one attached hydrogen (secondary N) is 1. The van der Waals surface area contributed by atoms with Crippen molar-refractivity contribution >= 4 is 5.91 Å². The molecule has 1 aromatic heterocycles. The van der Waals surface area contributed by atoms with E-state index in [9.17, 15) is 4.79 Å². The number of amides is 1. The van der Waals surface area contributed by atoms with Crippen LogP contribution in [0.15, 0.2) is 16.5 Å². The number of carbonyl (C=O) groups excluding carboxylic acids is 1. The summed E-state index contributed by atoms with van der Waals surface area (Å²) in [6, 6.07) is 3.60. The minimum absolute atomic E-state index is 0.327. The van der Waals surface area contributed by atoms with Crippen molar-refractivity contribution in [3.8, 4) is 0 Å². The highest BCUT2D eigenvalue weighted by Crippen LogP contribution is 2.04. The summed E-state index contributed by atoms with van der Waals surface area (Å²) in [5, 5.41) is 10.9. The molecule has 0 spiro atoms. The Morgan fingerprint density at radius 2 is 2.42 bits per heavy atom. The van der Waals surface area contributed by atoms with Crippen molar-refractivity contribution in [2.45, 2.75) is 13.5 Å². The third kappa shape index (κ3) is 2.39. The number of furan rings is 1. The topological polar surface area (TPSA) is 62.5 Å². The van der Waals surface area contributed by atoms with Gasteiger partial charge in [-0.15, -0.1) is 0 Å². The Morgan fingerprint density at radius 3 is 2.92 bits per heavy atom. The van der Waals surface area contributed by atoms with E-state index in [0.29, 0.717) is 12.3 Å². The molecular weight excluding hydrogens is 158 g/mol. The number of aliphatic hydroxyl groups excluding tert-OH is 1. The van der Waals surface area contributed by atoms with E-state index in [1.807, 2.05) is 13.0 Å². The second kappa shape index (κ2) is 3.92. The zero-order chi connectivity index (χ0) is 8.97. The van der Waals surface area contributed by atoms with Gasteiger partial charge in [-0.05, 0) is 19.1 Å². The van der Waals surface area contributed by atoms with E-state index in [4.69, 9.17) is 9.52 Å². The van der Waals surface area contributed by atoms with Gasteiger partial charge in [0.05, 0.1) is 6.54 Å². The lowest BCUT2D eigenvalue weighted by Gasteiger charge is -1.98. The van der Waals surface area contributed by atoms with E-state index in [1.165, 1.54) is 0 Å². The quantitative estimate of drug-likeness (QED) is 0.679. The lowest BCUT2D eigenvalue weighted by Crippen LogP contribution is -2.25. The molecule has 0 unspecified atom stereocenters. The molecule has 0 aliphatic carbocycles. The number of hydrogen-bond donors (Lipinski definition) is 2. The van der Waals surface area contributed by atoms with Gasteiger partial charge in [-0.25, -0.2) is 0 Å². The number of carbonyl (C=O) groups is 1. The van der Waals surface area contributed by atoms with E-state index in [2.05, 4.69) is 5.32 Å². The highest BCUT2D eigenvalue weighted by Gasteiger charge is 2.00. The van der Waals surface area contributed by atoms with Crippen LogP contribution in [0.25, 0.3) is 0 Å². The van der Waals surface area contributed by atoms with Crippen LogP contribution in [0, 0.1) is 6.92 Å². The monoisotopic (exact) mass is 169 g/mol. The highest BCUT2D eigenvalue weighted by atomic mass is 16.3. The maximum atomic E-state index is 10.6. The molecule has 0 fully saturated rings. The molecule has 0 aliphatic heterocycles. The van der Waals surface area contributed by atoms with E-state index in [0.717, 1.165) is 5.76 Å². The fourth-order valence-corrected chi connectivity index (χ4v) is 0.822. The third-order valence-corrected chi connectivity index (χ3v) is 1.40. The molecule has 4 nitrogen and oxygen atoms in total. The first kappa shape index (κ1) is 8.80. The van der Waals surface area contributed by atoms with E-state index in [-0.39, 0.29) is 0 Å². The van der Waals surface area contributed by atoms with Crippen LogP contribution in [0.2, 0.25) is 0 Å². The van der Waals surface area contributed by atoms with Crippen LogP contribution in [0.5, 0.6) is 0 Å². The van der Waals surface area contributed by atoms with Crippen molar-refractivity contribution in [2.24, 2.45) is 0 Å². The number of rotatable bonds is 3. The van der Waals surface area contributed by atoms with Gasteiger partial charge in [0.25, 0.3) is 0 Å². The van der Waals surface area contributed by atoms with Gasteiger partial charge < -0.3 is 14.8 Å². The summed E-state index contributed by atoms with van der Waals surface area (Å²) >= 11 is 0. The van der Waals surface area contributed by atoms with E-state index < -0.39 is 12.5 Å². The number of aryl methyl sites for hydroxylation is 1. The van der Waals surface area contributed by atoms with Gasteiger partial charge >= 0.3 is 0 Å². The zero-order valence-electron chi connectivity index (χ0n) is 6.83. The Balaban J connectivity index is 2.38. The first-order chi connectivity index (χ1) is 5.72. The van der Waals surface area contributed by atoms with Crippen molar-refractivity contribution in [2.75, 3.05) is 6.61 Å². The fourth-order valence-electron chi connectivity index (χ4n) is 0.822. The molecule has 0 aliphatic rings. The number of aliphatic hydroxyl groups is 1. The van der Waals surface area contributed by atoms with Crippen molar-refractivity contribution in [1.29, 1.82) is 0 Å². The SMILES string of the molecule is Cc1ccc(CNC(=O)CO)o1. The molecule has 0 saturated heterocycles. The van der Waals surface area contributed by atoms with Gasteiger partial charge in [0.1, 0.15) is 18.1 Å². The first-order valence-corrected chi connectivity index (χ1v) is 3.65. The molecule has 66 valence electrons. The Morgan fingerprint density at radius 1 is 1.67 bits per heavy atom. The maximum absolute atomic E-state index is 10.6. The molecule has 0 atom stereocenters. The molecular formula is C8H11NO3. The fraction of sp³-hybridized carbons (Fsp3) is 0.375. The minimum Gasteiger partial charge on any atom is -0.465 e. The van der Waals surface area contributed by atoms with Crippen LogP contribution >= 0.6 is 0 Å². The maximum Gasteiger partial charge on any atom is 0.246 e. The predicted molar refractivity (Wildman–Crippen MR) is 42.4 cm³/mol. The van der Waals surface area contributed by atoms with Crippen molar-refractivity contribution in [1.82, 2.24) is 5.32 Å². The van der Waals surface area contributed by atoms with E-state index >= 15 is 0 Å². The molecule has 1 aromatic rings. The second-order valence-electron chi connectivity index (χ2n) is 2.45. The summed E-state index contributed by atoms with van der Waals surface area (Å²) in [4.78, 5) is 10.6. The van der Waals surface area contributed by atoms with Crippen LogP contribution in [-0.4, -0.2) is 17.6 Å². The zero-order valence-corrected chi connectivity index (χ0v) is 6.83. The van der Waals surface area contributed by atoms with Gasteiger partial charge in [0.15, 0.2) is 0 Å². The van der Waals surface area contributed by atoms with Crippen molar-refractivity contribution in [3.63, 3.8) is 0 Å². The summed E-state index contributed by atoms with van der Waals surface area (Å²) in [6.07, 6.45) is 0. The molecule has 2 N–H and O–H groups in total. The largest absolute Gasteiger partial charge is 0.465 e. The molecule has 0 aromatic carbocycles. The van der Waals surface area contributed by atoms with Gasteiger partial charge in [0, 0.05) is 0 Å². The van der Waals surface area contributed by atoms with Crippen molar-refractivity contribution in [3.05, 3.63) is 23.7 Å². The summed E-state index contributed by atoms with van der Waals surface area (Å²) in [5.41, 5.74) is 0. The minimum atomic E-state index is -0.486. The third-order valence-electron chi connectivity index (χ3n) is 1.40. The molecule has 0 saturated carbocycles. The molecule has 4 heteroatoms. The van der Waals surface area contributed by atoms with Crippen LogP contribution in [-0.2, 0) is 11.3 Å². The standard InChI is InChI=1S/C8H11NO3/c1-6-2-3-7(12-6)4-9-8(11)5-10/h2-3,10H,4-5H2,1H3,(H,9,11). The first-order valence-electron chi connectivity index (χ1n) is 3.65. The molecule has 1 amide bonds. The van der Waals surface area contributed by atoms with Crippen molar-refractivity contribution < 1.29 is 14.3 Å². The second-order valence-corrected chi connectivity index (χ2v) is 2.45. The van der Waals surface area contributed by atoms with Crippen LogP contribution in [0.4, 0.5) is 0 Å². The Bertz CT molecular complexity index is 267. The van der Waals surface area contributed by atoms with E-state index in [1.54, 1.807) is 6.07 Å². The van der Waals surface area contributed by atoms with Gasteiger partial charge in [-0.1, -0.05) is 0 Å². The average molecular weight is 169 g/mol. The van der Waals surface area contributed by atoms with Gasteiger partial charge in [0.2, 0.25) is 5.91 Å². The normalized spacial score (nSPS) is 9.83. The lowest BCUT2D eigenvalue weighted by molar-refractivity contribution is -0.124. The average Bonchev–Trinajstić information content (AvgIpc) is 2.47. The Kier molecular flexibility index (Phi) is 2.88. The molecule has 1 heterocycles. The summed E-state index contributed by atoms with van der Waals surface area (Å²) in [6.45, 7) is 1.67.